The average molecular weight is 362 g/mol. The number of rotatable bonds is 8. The van der Waals surface area contributed by atoms with E-state index in [-0.39, 0.29) is 18.4 Å². The summed E-state index contributed by atoms with van der Waals surface area (Å²) in [5.41, 5.74) is 1.31. The van der Waals surface area contributed by atoms with Gasteiger partial charge in [-0.05, 0) is 24.1 Å². The van der Waals surface area contributed by atoms with Crippen molar-refractivity contribution in [2.24, 2.45) is 0 Å². The van der Waals surface area contributed by atoms with Crippen LogP contribution in [-0.2, 0) is 13.0 Å². The number of methoxy groups -OCH3 is 3. The highest BCUT2D eigenvalue weighted by Crippen LogP contribution is 2.34. The van der Waals surface area contributed by atoms with E-state index < -0.39 is 0 Å². The van der Waals surface area contributed by atoms with Crippen LogP contribution in [0.15, 0.2) is 36.4 Å². The van der Waals surface area contributed by atoms with Crippen molar-refractivity contribution < 1.29 is 23.4 Å². The van der Waals surface area contributed by atoms with E-state index in [1.54, 1.807) is 45.6 Å². The third kappa shape index (κ3) is 5.02. The minimum absolute atomic E-state index is 0.123. The van der Waals surface area contributed by atoms with E-state index in [2.05, 4.69) is 10.6 Å². The second kappa shape index (κ2) is 9.50. The molecule has 0 aliphatic rings. The van der Waals surface area contributed by atoms with Crippen LogP contribution in [0.1, 0.15) is 11.1 Å². The zero-order valence-corrected chi connectivity index (χ0v) is 15.1. The first-order valence-electron chi connectivity index (χ1n) is 8.13. The topological polar surface area (TPSA) is 68.8 Å². The molecule has 0 atom stereocenters. The number of ether oxygens (including phenoxy) is 3. The molecule has 0 unspecified atom stereocenters. The van der Waals surface area contributed by atoms with Gasteiger partial charge in [0.1, 0.15) is 11.6 Å². The Bertz CT molecular complexity index is 752. The van der Waals surface area contributed by atoms with Gasteiger partial charge in [0, 0.05) is 24.7 Å². The lowest BCUT2D eigenvalue weighted by Gasteiger charge is -2.14. The number of nitrogens with one attached hydrogen (secondary N) is 2. The Morgan fingerprint density at radius 2 is 1.58 bits per heavy atom. The molecule has 0 radical (unpaired) electrons. The van der Waals surface area contributed by atoms with Crippen molar-refractivity contribution >= 4 is 6.03 Å². The summed E-state index contributed by atoms with van der Waals surface area (Å²) in [6.07, 6.45) is 0.538. The number of hydrogen-bond donors (Lipinski definition) is 2. The molecule has 7 heteroatoms. The van der Waals surface area contributed by atoms with Gasteiger partial charge in [-0.3, -0.25) is 0 Å². The normalized spacial score (nSPS) is 10.2. The molecule has 0 saturated heterocycles. The number of carbonyl (C=O) groups is 1. The van der Waals surface area contributed by atoms with Gasteiger partial charge in [-0.1, -0.05) is 18.2 Å². The lowest BCUT2D eigenvalue weighted by atomic mass is 10.1. The van der Waals surface area contributed by atoms with Crippen molar-refractivity contribution in [1.82, 2.24) is 10.6 Å². The highest BCUT2D eigenvalue weighted by atomic mass is 19.1. The standard InChI is InChI=1S/C19H23FN2O4/c1-24-16-11-18(26-3)17(25-2)10-13(16)8-9-21-19(23)22-12-14-6-4-5-7-15(14)20/h4-7,10-11H,8-9,12H2,1-3H3,(H2,21,22,23). The van der Waals surface area contributed by atoms with Crippen molar-refractivity contribution in [3.05, 3.63) is 53.3 Å². The first kappa shape index (κ1) is 19.4. The molecule has 2 N–H and O–H groups in total. The van der Waals surface area contributed by atoms with E-state index >= 15 is 0 Å². The van der Waals surface area contributed by atoms with E-state index in [1.807, 2.05) is 6.07 Å². The van der Waals surface area contributed by atoms with Crippen LogP contribution in [0, 0.1) is 5.82 Å². The Morgan fingerprint density at radius 3 is 2.23 bits per heavy atom. The maximum absolute atomic E-state index is 13.5. The molecule has 26 heavy (non-hydrogen) atoms. The number of amides is 2. The zero-order valence-electron chi connectivity index (χ0n) is 15.1. The van der Waals surface area contributed by atoms with E-state index in [1.165, 1.54) is 6.07 Å². The summed E-state index contributed by atoms with van der Waals surface area (Å²) < 4.78 is 29.4. The quantitative estimate of drug-likeness (QED) is 0.758. The fraction of sp³-hybridized carbons (Fsp3) is 0.316. The van der Waals surface area contributed by atoms with E-state index in [9.17, 15) is 9.18 Å². The maximum atomic E-state index is 13.5. The van der Waals surface area contributed by atoms with Gasteiger partial charge in [0.05, 0.1) is 21.3 Å². The van der Waals surface area contributed by atoms with Crippen molar-refractivity contribution in [3.8, 4) is 17.2 Å². The Kier molecular flexibility index (Phi) is 7.08. The van der Waals surface area contributed by atoms with Crippen LogP contribution in [0.25, 0.3) is 0 Å². The number of hydrogen-bond acceptors (Lipinski definition) is 4. The fourth-order valence-corrected chi connectivity index (χ4v) is 2.48. The van der Waals surface area contributed by atoms with Crippen LogP contribution in [0.5, 0.6) is 17.2 Å². The second-order valence-electron chi connectivity index (χ2n) is 5.47. The van der Waals surface area contributed by atoms with E-state index in [0.29, 0.717) is 35.8 Å². The zero-order chi connectivity index (χ0) is 18.9. The summed E-state index contributed by atoms with van der Waals surface area (Å²) in [5, 5.41) is 5.37. The first-order valence-corrected chi connectivity index (χ1v) is 8.13. The lowest BCUT2D eigenvalue weighted by Crippen LogP contribution is -2.36. The summed E-state index contributed by atoms with van der Waals surface area (Å²) >= 11 is 0. The molecule has 0 bridgehead atoms. The van der Waals surface area contributed by atoms with E-state index in [0.717, 1.165) is 5.56 Å². The third-order valence-corrected chi connectivity index (χ3v) is 3.86. The molecular weight excluding hydrogens is 339 g/mol. The van der Waals surface area contributed by atoms with Crippen molar-refractivity contribution in [1.29, 1.82) is 0 Å². The highest BCUT2D eigenvalue weighted by molar-refractivity contribution is 5.73. The van der Waals surface area contributed by atoms with Crippen LogP contribution >= 0.6 is 0 Å². The molecule has 2 rings (SSSR count). The molecule has 6 nitrogen and oxygen atoms in total. The average Bonchev–Trinajstić information content (AvgIpc) is 2.66. The largest absolute Gasteiger partial charge is 0.496 e. The third-order valence-electron chi connectivity index (χ3n) is 3.86. The van der Waals surface area contributed by atoms with Crippen LogP contribution in [-0.4, -0.2) is 33.9 Å². The maximum Gasteiger partial charge on any atom is 0.315 e. The first-order chi connectivity index (χ1) is 12.6. The molecule has 0 saturated carbocycles. The van der Waals surface area contributed by atoms with Crippen molar-refractivity contribution in [2.45, 2.75) is 13.0 Å². The number of urea groups is 1. The van der Waals surface area contributed by atoms with Gasteiger partial charge in [-0.15, -0.1) is 0 Å². The summed E-state index contributed by atoms with van der Waals surface area (Å²) in [4.78, 5) is 11.9. The van der Waals surface area contributed by atoms with Crippen molar-refractivity contribution in [2.75, 3.05) is 27.9 Å². The molecule has 2 aromatic carbocycles. The number of benzene rings is 2. The molecule has 0 fully saturated rings. The SMILES string of the molecule is COc1cc(OC)c(OC)cc1CCNC(=O)NCc1ccccc1F. The van der Waals surface area contributed by atoms with Gasteiger partial charge in [-0.25, -0.2) is 9.18 Å². The minimum atomic E-state index is -0.368. The lowest BCUT2D eigenvalue weighted by molar-refractivity contribution is 0.240. The molecule has 2 aromatic rings. The Morgan fingerprint density at radius 1 is 0.923 bits per heavy atom. The number of carbonyl (C=O) groups excluding carboxylic acids is 1. The summed E-state index contributed by atoms with van der Waals surface area (Å²) in [6, 6.07) is 9.51. The molecule has 140 valence electrons. The van der Waals surface area contributed by atoms with Gasteiger partial charge < -0.3 is 24.8 Å². The predicted octanol–water partition coefficient (Wildman–Crippen LogP) is 2.89. The molecule has 0 spiro atoms. The van der Waals surface area contributed by atoms with Gasteiger partial charge in [0.15, 0.2) is 11.5 Å². The number of halogens is 1. The smallest absolute Gasteiger partial charge is 0.315 e. The molecule has 0 aliphatic heterocycles. The predicted molar refractivity (Wildman–Crippen MR) is 96.4 cm³/mol. The molecule has 0 heterocycles. The molecule has 0 aliphatic carbocycles. The fourth-order valence-electron chi connectivity index (χ4n) is 2.48. The minimum Gasteiger partial charge on any atom is -0.496 e. The summed E-state index contributed by atoms with van der Waals surface area (Å²) in [7, 11) is 4.68. The van der Waals surface area contributed by atoms with Gasteiger partial charge in [-0.2, -0.15) is 0 Å². The van der Waals surface area contributed by atoms with Crippen LogP contribution in [0.2, 0.25) is 0 Å². The summed E-state index contributed by atoms with van der Waals surface area (Å²) in [5.74, 6) is 1.47. The summed E-state index contributed by atoms with van der Waals surface area (Å²) in [6.45, 7) is 0.507. The van der Waals surface area contributed by atoms with Crippen molar-refractivity contribution in [3.63, 3.8) is 0 Å². The van der Waals surface area contributed by atoms with Crippen LogP contribution in [0.3, 0.4) is 0 Å². The van der Waals surface area contributed by atoms with Gasteiger partial charge >= 0.3 is 6.03 Å². The van der Waals surface area contributed by atoms with Gasteiger partial charge in [0.25, 0.3) is 0 Å². The van der Waals surface area contributed by atoms with Crippen LogP contribution in [0.4, 0.5) is 9.18 Å². The second-order valence-corrected chi connectivity index (χ2v) is 5.47. The monoisotopic (exact) mass is 362 g/mol. The Hall–Kier alpha value is -2.96. The molecule has 0 aromatic heterocycles. The van der Waals surface area contributed by atoms with Crippen LogP contribution < -0.4 is 24.8 Å². The molecular formula is C19H23FN2O4. The molecule has 2 amide bonds. The van der Waals surface area contributed by atoms with Gasteiger partial charge in [0.2, 0.25) is 0 Å². The highest BCUT2D eigenvalue weighted by Gasteiger charge is 2.12. The van der Waals surface area contributed by atoms with E-state index in [4.69, 9.17) is 14.2 Å². The Labute approximate surface area is 152 Å². The Balaban J connectivity index is 1.88.